The predicted molar refractivity (Wildman–Crippen MR) is 99.9 cm³/mol. The van der Waals surface area contributed by atoms with Gasteiger partial charge in [0.15, 0.2) is 5.69 Å². The van der Waals surface area contributed by atoms with Gasteiger partial charge in [0.05, 0.1) is 21.7 Å². The smallest absolute Gasteiger partial charge is 0.277 e. The fourth-order valence-corrected chi connectivity index (χ4v) is 4.61. The lowest BCUT2D eigenvalue weighted by atomic mass is 10.3. The number of hydrogen-bond acceptors (Lipinski definition) is 5. The van der Waals surface area contributed by atoms with E-state index in [0.717, 1.165) is 3.57 Å². The van der Waals surface area contributed by atoms with Crippen molar-refractivity contribution in [2.45, 2.75) is 4.90 Å². The first-order valence-electron chi connectivity index (χ1n) is 7.56. The molecular weight excluding hydrogens is 459 g/mol. The molecule has 1 amide bonds. The summed E-state index contributed by atoms with van der Waals surface area (Å²) in [7, 11) is -1.80. The zero-order valence-corrected chi connectivity index (χ0v) is 16.5. The second kappa shape index (κ2) is 7.40. The van der Waals surface area contributed by atoms with Crippen molar-refractivity contribution in [1.82, 2.24) is 14.1 Å². The van der Waals surface area contributed by atoms with Crippen molar-refractivity contribution in [2.75, 3.05) is 31.6 Å². The third kappa shape index (κ3) is 4.02. The highest BCUT2D eigenvalue weighted by molar-refractivity contribution is 14.1. The Morgan fingerprint density at radius 2 is 1.88 bits per heavy atom. The van der Waals surface area contributed by atoms with Crippen LogP contribution in [0.25, 0.3) is 0 Å². The van der Waals surface area contributed by atoms with Crippen LogP contribution in [0.2, 0.25) is 0 Å². The normalized spacial score (nSPS) is 15.9. The molecule has 0 radical (unpaired) electrons. The number of anilines is 1. The van der Waals surface area contributed by atoms with Crippen LogP contribution in [0.5, 0.6) is 0 Å². The summed E-state index contributed by atoms with van der Waals surface area (Å²) >= 11 is 2.04. The van der Waals surface area contributed by atoms with Gasteiger partial charge in [-0.15, -0.1) is 0 Å². The van der Waals surface area contributed by atoms with Crippen LogP contribution in [0.4, 0.5) is 5.69 Å². The van der Waals surface area contributed by atoms with Crippen molar-refractivity contribution < 1.29 is 17.9 Å². The van der Waals surface area contributed by atoms with Crippen molar-refractivity contribution in [3.8, 4) is 0 Å². The summed E-state index contributed by atoms with van der Waals surface area (Å²) in [5.41, 5.74) is 0.834. The van der Waals surface area contributed by atoms with Gasteiger partial charge in [0.25, 0.3) is 5.91 Å². The Hall–Kier alpha value is -1.50. The lowest BCUT2D eigenvalue weighted by molar-refractivity contribution is 0.0730. The molecule has 1 N–H and O–H groups in total. The minimum Gasteiger partial charge on any atom is -0.379 e. The molecule has 10 heteroatoms. The molecule has 1 fully saturated rings. The van der Waals surface area contributed by atoms with Gasteiger partial charge in [-0.1, -0.05) is 0 Å². The third-order valence-corrected chi connectivity index (χ3v) is 6.42. The molecule has 1 aromatic heterocycles. The van der Waals surface area contributed by atoms with E-state index in [0.29, 0.717) is 37.7 Å². The number of aromatic nitrogens is 2. The number of aryl methyl sites for hydroxylation is 1. The van der Waals surface area contributed by atoms with E-state index < -0.39 is 10.0 Å². The van der Waals surface area contributed by atoms with Gasteiger partial charge >= 0.3 is 0 Å². The van der Waals surface area contributed by atoms with E-state index in [2.05, 4.69) is 10.4 Å². The van der Waals surface area contributed by atoms with E-state index in [-0.39, 0.29) is 10.8 Å². The Kier molecular flexibility index (Phi) is 5.41. The predicted octanol–water partition coefficient (Wildman–Crippen LogP) is 1.30. The van der Waals surface area contributed by atoms with Crippen LogP contribution in [0.1, 0.15) is 10.5 Å². The third-order valence-electron chi connectivity index (χ3n) is 3.72. The summed E-state index contributed by atoms with van der Waals surface area (Å²) in [6.07, 6.45) is 1.74. The molecule has 2 heterocycles. The molecule has 0 atom stereocenters. The van der Waals surface area contributed by atoms with Crippen LogP contribution in [0.15, 0.2) is 35.4 Å². The molecule has 0 saturated carbocycles. The van der Waals surface area contributed by atoms with Crippen molar-refractivity contribution >= 4 is 44.2 Å². The number of ether oxygens (including phenoxy) is 1. The maximum atomic E-state index is 12.6. The van der Waals surface area contributed by atoms with Crippen LogP contribution in [0.3, 0.4) is 0 Å². The largest absolute Gasteiger partial charge is 0.379 e. The molecular formula is C15H17IN4O4S. The van der Waals surface area contributed by atoms with Gasteiger partial charge in [-0.3, -0.25) is 9.48 Å². The van der Waals surface area contributed by atoms with Gasteiger partial charge in [-0.05, 0) is 46.9 Å². The second-order valence-corrected chi connectivity index (χ2v) is 8.59. The SMILES string of the molecule is Cn1cc(I)c(C(=O)Nc2ccc(S(=O)(=O)N3CCOCC3)cc2)n1. The summed E-state index contributed by atoms with van der Waals surface area (Å²) in [6.45, 7) is 1.49. The number of hydrogen-bond donors (Lipinski definition) is 1. The number of amides is 1. The van der Waals surface area contributed by atoms with Crippen LogP contribution in [-0.2, 0) is 21.8 Å². The number of nitrogens with one attached hydrogen (secondary N) is 1. The maximum Gasteiger partial charge on any atom is 0.277 e. The highest BCUT2D eigenvalue weighted by Gasteiger charge is 2.26. The van der Waals surface area contributed by atoms with E-state index in [4.69, 9.17) is 4.74 Å². The fraction of sp³-hybridized carbons (Fsp3) is 0.333. The number of nitrogens with zero attached hydrogens (tertiary/aromatic N) is 3. The molecule has 1 aliphatic rings. The van der Waals surface area contributed by atoms with Crippen LogP contribution >= 0.6 is 22.6 Å². The molecule has 0 unspecified atom stereocenters. The van der Waals surface area contributed by atoms with Crippen molar-refractivity contribution in [3.63, 3.8) is 0 Å². The summed E-state index contributed by atoms with van der Waals surface area (Å²) in [4.78, 5) is 12.4. The monoisotopic (exact) mass is 476 g/mol. The van der Waals surface area contributed by atoms with Crippen LogP contribution in [0, 0.1) is 3.57 Å². The average Bonchev–Trinajstić information content (AvgIpc) is 2.94. The minimum absolute atomic E-state index is 0.194. The molecule has 25 heavy (non-hydrogen) atoms. The van der Waals surface area contributed by atoms with Crippen molar-refractivity contribution in [3.05, 3.63) is 39.7 Å². The van der Waals surface area contributed by atoms with Gasteiger partial charge in [-0.25, -0.2) is 8.42 Å². The number of benzene rings is 1. The zero-order valence-electron chi connectivity index (χ0n) is 13.5. The lowest BCUT2D eigenvalue weighted by Crippen LogP contribution is -2.40. The maximum absolute atomic E-state index is 12.6. The van der Waals surface area contributed by atoms with E-state index in [1.54, 1.807) is 30.1 Å². The van der Waals surface area contributed by atoms with Gasteiger partial charge in [0.1, 0.15) is 0 Å². The van der Waals surface area contributed by atoms with Crippen LogP contribution in [-0.4, -0.2) is 54.7 Å². The molecule has 0 aliphatic carbocycles. The first-order chi connectivity index (χ1) is 11.9. The van der Waals surface area contributed by atoms with E-state index >= 15 is 0 Å². The van der Waals surface area contributed by atoms with E-state index in [1.807, 2.05) is 22.6 Å². The summed E-state index contributed by atoms with van der Waals surface area (Å²) < 4.78 is 34.0. The number of rotatable bonds is 4. The Morgan fingerprint density at radius 3 is 2.44 bits per heavy atom. The van der Waals surface area contributed by atoms with Crippen molar-refractivity contribution in [1.29, 1.82) is 0 Å². The number of halogens is 1. The number of morpholine rings is 1. The average molecular weight is 476 g/mol. The van der Waals surface area contributed by atoms with Gasteiger partial charge in [0.2, 0.25) is 10.0 Å². The Labute approximate surface area is 159 Å². The first kappa shape index (κ1) is 18.3. The summed E-state index contributed by atoms with van der Waals surface area (Å²) in [5, 5.41) is 6.83. The molecule has 0 bridgehead atoms. The highest BCUT2D eigenvalue weighted by Crippen LogP contribution is 2.20. The molecule has 8 nitrogen and oxygen atoms in total. The molecule has 0 spiro atoms. The fourth-order valence-electron chi connectivity index (χ4n) is 2.45. The van der Waals surface area contributed by atoms with Crippen molar-refractivity contribution in [2.24, 2.45) is 7.05 Å². The van der Waals surface area contributed by atoms with Crippen LogP contribution < -0.4 is 5.32 Å². The molecule has 2 aromatic rings. The topological polar surface area (TPSA) is 93.5 Å². The molecule has 134 valence electrons. The Bertz CT molecular complexity index is 873. The van der Waals surface area contributed by atoms with Gasteiger partial charge in [0, 0.05) is 32.0 Å². The quantitative estimate of drug-likeness (QED) is 0.672. The number of sulfonamides is 1. The molecule has 3 rings (SSSR count). The lowest BCUT2D eigenvalue weighted by Gasteiger charge is -2.26. The Morgan fingerprint density at radius 1 is 1.24 bits per heavy atom. The Balaban J connectivity index is 1.74. The summed E-state index contributed by atoms with van der Waals surface area (Å²) in [5.74, 6) is -0.339. The summed E-state index contributed by atoms with van der Waals surface area (Å²) in [6, 6.07) is 6.12. The van der Waals surface area contributed by atoms with E-state index in [1.165, 1.54) is 16.4 Å². The zero-order chi connectivity index (χ0) is 18.0. The number of carbonyl (C=O) groups excluding carboxylic acids is 1. The minimum atomic E-state index is -3.54. The molecule has 1 aliphatic heterocycles. The molecule has 1 saturated heterocycles. The number of carbonyl (C=O) groups is 1. The highest BCUT2D eigenvalue weighted by atomic mass is 127. The first-order valence-corrected chi connectivity index (χ1v) is 10.1. The van der Waals surface area contributed by atoms with Gasteiger partial charge in [-0.2, -0.15) is 9.40 Å². The second-order valence-electron chi connectivity index (χ2n) is 5.49. The van der Waals surface area contributed by atoms with Gasteiger partial charge < -0.3 is 10.1 Å². The van der Waals surface area contributed by atoms with E-state index in [9.17, 15) is 13.2 Å². The standard InChI is InChI=1S/C15H17IN4O4S/c1-19-10-13(16)14(18-19)15(21)17-11-2-4-12(5-3-11)25(22,23)20-6-8-24-9-7-20/h2-5,10H,6-9H2,1H3,(H,17,21). The molecule has 1 aromatic carbocycles.